The molecule has 0 aromatic heterocycles. The first kappa shape index (κ1) is 24.8. The molecule has 1 unspecified atom stereocenters. The third-order valence-corrected chi connectivity index (χ3v) is 4.39. The maximum atomic E-state index is 9.10. The summed E-state index contributed by atoms with van der Waals surface area (Å²) in [6.45, 7) is 3.67. The normalized spacial score (nSPS) is 11.4. The number of carboxylic acids is 2. The molecule has 2 rings (SSSR count). The van der Waals surface area contributed by atoms with Gasteiger partial charge in [0.05, 0.1) is 6.61 Å². The molecule has 6 nitrogen and oxygen atoms in total. The van der Waals surface area contributed by atoms with E-state index in [1.165, 1.54) is 11.1 Å². The molecule has 2 aromatic rings. The zero-order valence-electron chi connectivity index (χ0n) is 16.6. The van der Waals surface area contributed by atoms with Crippen molar-refractivity contribution in [2.45, 2.75) is 18.2 Å². The van der Waals surface area contributed by atoms with Crippen molar-refractivity contribution in [3.05, 3.63) is 58.6 Å². The zero-order chi connectivity index (χ0) is 22.0. The number of hydrogen-bond acceptors (Lipinski definition) is 5. The number of ether oxygens (including phenoxy) is 1. The summed E-state index contributed by atoms with van der Waals surface area (Å²) in [5.74, 6) is -2.42. The fourth-order valence-corrected chi connectivity index (χ4v) is 3.20. The molecule has 0 bridgehead atoms. The van der Waals surface area contributed by atoms with Gasteiger partial charge in [-0.15, -0.1) is 12.6 Å². The highest BCUT2D eigenvalue weighted by molar-refractivity contribution is 7.80. The summed E-state index contributed by atoms with van der Waals surface area (Å²) < 4.78 is 6.02. The Labute approximate surface area is 181 Å². The fraction of sp³-hybridized carbons (Fsp3) is 0.333. The molecule has 0 saturated carbocycles. The lowest BCUT2D eigenvalue weighted by atomic mass is 9.99. The SMILES string of the molecule is Cc1ccc(OCC(Cc2cccc(Cl)c2)CN(C)C)c(S)c1.O=C(O)C(=O)O. The first-order chi connectivity index (χ1) is 13.6. The van der Waals surface area contributed by atoms with Crippen LogP contribution in [0, 0.1) is 12.8 Å². The summed E-state index contributed by atoms with van der Waals surface area (Å²) in [5.41, 5.74) is 2.43. The van der Waals surface area contributed by atoms with Gasteiger partial charge in [-0.25, -0.2) is 9.59 Å². The molecule has 8 heteroatoms. The Hall–Kier alpha value is -2.22. The van der Waals surface area contributed by atoms with E-state index in [2.05, 4.69) is 44.6 Å². The average Bonchev–Trinajstić information content (AvgIpc) is 2.60. The van der Waals surface area contributed by atoms with Gasteiger partial charge in [-0.2, -0.15) is 0 Å². The predicted molar refractivity (Wildman–Crippen MR) is 116 cm³/mol. The van der Waals surface area contributed by atoms with Crippen LogP contribution in [0.3, 0.4) is 0 Å². The molecule has 0 fully saturated rings. The standard InChI is InChI=1S/C19H24ClNOS.C2H2O4/c1-14-7-8-18(19(23)9-14)22-13-16(12-21(2)3)10-15-5-4-6-17(20)11-15;3-1(4)2(5)6/h4-9,11,16,23H,10,12-13H2,1-3H3;(H,3,4)(H,5,6). The topological polar surface area (TPSA) is 87.1 Å². The van der Waals surface area contributed by atoms with Crippen molar-refractivity contribution in [1.29, 1.82) is 0 Å². The van der Waals surface area contributed by atoms with Gasteiger partial charge in [0.1, 0.15) is 5.75 Å². The highest BCUT2D eigenvalue weighted by Gasteiger charge is 2.13. The van der Waals surface area contributed by atoms with Crippen LogP contribution in [0.1, 0.15) is 11.1 Å². The van der Waals surface area contributed by atoms with Crippen LogP contribution in [0.25, 0.3) is 0 Å². The zero-order valence-corrected chi connectivity index (χ0v) is 18.3. The van der Waals surface area contributed by atoms with Crippen molar-refractivity contribution in [2.24, 2.45) is 5.92 Å². The van der Waals surface area contributed by atoms with Gasteiger partial charge in [0.2, 0.25) is 0 Å². The van der Waals surface area contributed by atoms with Crippen LogP contribution in [-0.4, -0.2) is 54.3 Å². The number of benzene rings is 2. The highest BCUT2D eigenvalue weighted by atomic mass is 35.5. The molecule has 2 aromatic carbocycles. The first-order valence-electron chi connectivity index (χ1n) is 8.86. The van der Waals surface area contributed by atoms with Gasteiger partial charge < -0.3 is 19.8 Å². The second kappa shape index (κ2) is 12.4. The Morgan fingerprint density at radius 1 is 1.14 bits per heavy atom. The molecule has 0 aliphatic carbocycles. The smallest absolute Gasteiger partial charge is 0.414 e. The van der Waals surface area contributed by atoms with E-state index >= 15 is 0 Å². The molecule has 0 aliphatic heterocycles. The highest BCUT2D eigenvalue weighted by Crippen LogP contribution is 2.24. The Morgan fingerprint density at radius 3 is 2.31 bits per heavy atom. The number of hydrogen-bond donors (Lipinski definition) is 3. The molecule has 158 valence electrons. The van der Waals surface area contributed by atoms with Crippen molar-refractivity contribution in [3.8, 4) is 5.75 Å². The van der Waals surface area contributed by atoms with Gasteiger partial charge in [-0.05, 0) is 62.8 Å². The predicted octanol–water partition coefficient (Wildman–Crippen LogP) is 3.89. The van der Waals surface area contributed by atoms with Crippen molar-refractivity contribution in [1.82, 2.24) is 4.90 Å². The Bertz CT molecular complexity index is 816. The van der Waals surface area contributed by atoms with E-state index in [4.69, 9.17) is 36.1 Å². The maximum Gasteiger partial charge on any atom is 0.414 e. The van der Waals surface area contributed by atoms with Crippen LogP contribution in [0.5, 0.6) is 5.75 Å². The van der Waals surface area contributed by atoms with Gasteiger partial charge in [0.15, 0.2) is 0 Å². The summed E-state index contributed by atoms with van der Waals surface area (Å²) in [4.78, 5) is 21.3. The second-order valence-electron chi connectivity index (χ2n) is 6.85. The van der Waals surface area contributed by atoms with Crippen LogP contribution in [0.15, 0.2) is 47.4 Å². The number of halogens is 1. The van der Waals surface area contributed by atoms with E-state index < -0.39 is 11.9 Å². The number of nitrogens with zero attached hydrogens (tertiary/aromatic N) is 1. The lowest BCUT2D eigenvalue weighted by Gasteiger charge is -2.22. The molecule has 29 heavy (non-hydrogen) atoms. The molecular weight excluding hydrogens is 414 g/mol. The fourth-order valence-electron chi connectivity index (χ4n) is 2.65. The summed E-state index contributed by atoms with van der Waals surface area (Å²) in [6, 6.07) is 14.1. The van der Waals surface area contributed by atoms with Gasteiger partial charge in [0, 0.05) is 22.4 Å². The van der Waals surface area contributed by atoms with E-state index in [9.17, 15) is 0 Å². The van der Waals surface area contributed by atoms with E-state index in [0.29, 0.717) is 12.5 Å². The Kier molecular flexibility index (Phi) is 10.6. The lowest BCUT2D eigenvalue weighted by Crippen LogP contribution is -2.28. The molecular formula is C21H26ClNO5S. The molecule has 0 amide bonds. The number of aryl methyl sites for hydroxylation is 1. The molecule has 0 spiro atoms. The third-order valence-electron chi connectivity index (χ3n) is 3.81. The van der Waals surface area contributed by atoms with Gasteiger partial charge in [-0.3, -0.25) is 0 Å². The van der Waals surface area contributed by atoms with Crippen LogP contribution in [0.2, 0.25) is 5.02 Å². The molecule has 0 heterocycles. The van der Waals surface area contributed by atoms with Crippen molar-refractivity contribution >= 4 is 36.2 Å². The first-order valence-corrected chi connectivity index (χ1v) is 9.68. The Balaban J connectivity index is 0.000000612. The molecule has 1 atom stereocenters. The summed E-state index contributed by atoms with van der Waals surface area (Å²) in [5, 5.41) is 15.6. The van der Waals surface area contributed by atoms with Gasteiger partial charge in [0.25, 0.3) is 0 Å². The number of carbonyl (C=O) groups is 2. The molecule has 2 N–H and O–H groups in total. The van der Waals surface area contributed by atoms with Crippen molar-refractivity contribution < 1.29 is 24.5 Å². The van der Waals surface area contributed by atoms with E-state index in [0.717, 1.165) is 28.6 Å². The molecule has 0 saturated heterocycles. The number of rotatable bonds is 7. The van der Waals surface area contributed by atoms with Crippen LogP contribution >= 0.6 is 24.2 Å². The minimum absolute atomic E-state index is 0.387. The molecule has 0 aliphatic rings. The van der Waals surface area contributed by atoms with E-state index in [-0.39, 0.29) is 0 Å². The van der Waals surface area contributed by atoms with Crippen molar-refractivity contribution in [3.63, 3.8) is 0 Å². The third kappa shape index (κ3) is 10.2. The number of thiol groups is 1. The van der Waals surface area contributed by atoms with Crippen molar-refractivity contribution in [2.75, 3.05) is 27.2 Å². The number of carboxylic acid groups (broad SMARTS) is 2. The van der Waals surface area contributed by atoms with Crippen LogP contribution in [0.4, 0.5) is 0 Å². The monoisotopic (exact) mass is 439 g/mol. The number of aliphatic carboxylic acids is 2. The maximum absolute atomic E-state index is 9.10. The largest absolute Gasteiger partial charge is 0.492 e. The van der Waals surface area contributed by atoms with Crippen LogP contribution in [-0.2, 0) is 16.0 Å². The summed E-state index contributed by atoms with van der Waals surface area (Å²) in [7, 11) is 4.17. The van der Waals surface area contributed by atoms with E-state index in [1.54, 1.807) is 0 Å². The second-order valence-corrected chi connectivity index (χ2v) is 7.77. The minimum atomic E-state index is -1.82. The van der Waals surface area contributed by atoms with Gasteiger partial charge >= 0.3 is 11.9 Å². The molecule has 0 radical (unpaired) electrons. The summed E-state index contributed by atoms with van der Waals surface area (Å²) >= 11 is 10.6. The van der Waals surface area contributed by atoms with Crippen LogP contribution < -0.4 is 4.74 Å². The lowest BCUT2D eigenvalue weighted by molar-refractivity contribution is -0.159. The quantitative estimate of drug-likeness (QED) is 0.448. The minimum Gasteiger partial charge on any atom is -0.492 e. The summed E-state index contributed by atoms with van der Waals surface area (Å²) in [6.07, 6.45) is 0.937. The van der Waals surface area contributed by atoms with E-state index in [1.807, 2.05) is 36.4 Å². The Morgan fingerprint density at radius 2 is 1.79 bits per heavy atom. The average molecular weight is 440 g/mol. The van der Waals surface area contributed by atoms with Gasteiger partial charge in [-0.1, -0.05) is 29.8 Å².